The highest BCUT2D eigenvalue weighted by Gasteiger charge is 2.57. The van der Waals surface area contributed by atoms with Crippen molar-refractivity contribution in [2.24, 2.45) is 0 Å². The van der Waals surface area contributed by atoms with Crippen molar-refractivity contribution in [1.29, 1.82) is 0 Å². The van der Waals surface area contributed by atoms with Crippen LogP contribution in [0.1, 0.15) is 18.4 Å². The van der Waals surface area contributed by atoms with Crippen molar-refractivity contribution >= 4 is 15.5 Å². The Morgan fingerprint density at radius 3 is 2.44 bits per heavy atom. The molecule has 0 aromatic heterocycles. The summed E-state index contributed by atoms with van der Waals surface area (Å²) in [6.07, 6.45) is -3.51. The monoisotopic (exact) mass is 277 g/mol. The first-order valence-corrected chi connectivity index (χ1v) is 6.94. The maximum atomic E-state index is 12.6. The lowest BCUT2D eigenvalue weighted by atomic mass is 10.2. The van der Waals surface area contributed by atoms with Gasteiger partial charge in [-0.15, -0.1) is 0 Å². The number of alkyl halides is 3. The van der Waals surface area contributed by atoms with Crippen LogP contribution < -0.4 is 5.32 Å². The summed E-state index contributed by atoms with van der Waals surface area (Å²) in [7, 11) is -3.65. The van der Waals surface area contributed by atoms with Gasteiger partial charge in [-0.3, -0.25) is 0 Å². The van der Waals surface area contributed by atoms with E-state index in [0.29, 0.717) is 12.8 Å². The Morgan fingerprint density at radius 1 is 1.22 bits per heavy atom. The van der Waals surface area contributed by atoms with E-state index in [9.17, 15) is 21.6 Å². The van der Waals surface area contributed by atoms with Crippen molar-refractivity contribution in [3.63, 3.8) is 0 Å². The molecule has 7 heteroatoms. The zero-order valence-corrected chi connectivity index (χ0v) is 10.0. The highest BCUT2D eigenvalue weighted by Crippen LogP contribution is 2.51. The van der Waals surface area contributed by atoms with Crippen LogP contribution in [0.15, 0.2) is 23.1 Å². The van der Waals surface area contributed by atoms with E-state index in [1.807, 2.05) is 0 Å². The van der Waals surface area contributed by atoms with Crippen molar-refractivity contribution in [3.8, 4) is 0 Å². The molecule has 1 N–H and O–H groups in total. The van der Waals surface area contributed by atoms with Gasteiger partial charge in [0.1, 0.15) is 0 Å². The van der Waals surface area contributed by atoms with Crippen LogP contribution in [-0.4, -0.2) is 19.7 Å². The van der Waals surface area contributed by atoms with Gasteiger partial charge in [-0.05, 0) is 31.0 Å². The van der Waals surface area contributed by atoms with Crippen LogP contribution in [0.3, 0.4) is 0 Å². The molecule has 1 fully saturated rings. The van der Waals surface area contributed by atoms with Crippen LogP contribution in [0.2, 0.25) is 0 Å². The average molecular weight is 277 g/mol. The van der Waals surface area contributed by atoms with E-state index in [1.165, 1.54) is 6.07 Å². The summed E-state index contributed by atoms with van der Waals surface area (Å²) in [5.74, 6) is 0. The molecule has 1 aromatic rings. The number of benzene rings is 1. The number of anilines is 1. The van der Waals surface area contributed by atoms with E-state index in [-0.39, 0.29) is 17.1 Å². The van der Waals surface area contributed by atoms with Gasteiger partial charge >= 0.3 is 6.18 Å². The number of nitrogens with one attached hydrogen (secondary N) is 1. The first-order chi connectivity index (χ1) is 8.26. The Bertz CT molecular complexity index is 618. The fourth-order valence-electron chi connectivity index (χ4n) is 2.24. The van der Waals surface area contributed by atoms with Crippen molar-refractivity contribution in [2.75, 3.05) is 11.9 Å². The molecule has 1 saturated carbocycles. The largest absolute Gasteiger partial charge is 0.416 e. The van der Waals surface area contributed by atoms with E-state index in [1.54, 1.807) is 0 Å². The lowest BCUT2D eigenvalue weighted by molar-refractivity contribution is -0.137. The van der Waals surface area contributed by atoms with Gasteiger partial charge in [0, 0.05) is 6.54 Å². The van der Waals surface area contributed by atoms with Gasteiger partial charge in [-0.2, -0.15) is 13.2 Å². The topological polar surface area (TPSA) is 46.2 Å². The maximum Gasteiger partial charge on any atom is 0.416 e. The van der Waals surface area contributed by atoms with Gasteiger partial charge in [0.2, 0.25) is 0 Å². The van der Waals surface area contributed by atoms with Crippen LogP contribution in [0.5, 0.6) is 0 Å². The van der Waals surface area contributed by atoms with Crippen molar-refractivity contribution in [2.45, 2.75) is 28.7 Å². The first kappa shape index (κ1) is 11.8. The molecule has 3 rings (SSSR count). The fraction of sp³-hybridized carbons (Fsp3) is 0.455. The van der Waals surface area contributed by atoms with Gasteiger partial charge in [-0.1, -0.05) is 0 Å². The van der Waals surface area contributed by atoms with E-state index >= 15 is 0 Å². The van der Waals surface area contributed by atoms with Gasteiger partial charge in [0.25, 0.3) is 0 Å². The second-order valence-corrected chi connectivity index (χ2v) is 7.06. The van der Waals surface area contributed by atoms with E-state index in [2.05, 4.69) is 5.32 Å². The van der Waals surface area contributed by atoms with E-state index < -0.39 is 26.3 Å². The summed E-state index contributed by atoms with van der Waals surface area (Å²) in [5.41, 5.74) is -0.662. The minimum absolute atomic E-state index is 0.221. The average Bonchev–Trinajstić information content (AvgIpc) is 3.04. The molecule has 0 amide bonds. The predicted molar refractivity (Wildman–Crippen MR) is 59.1 cm³/mol. The first-order valence-electron chi connectivity index (χ1n) is 5.46. The molecule has 0 atom stereocenters. The maximum absolute atomic E-state index is 12.6. The second kappa shape index (κ2) is 3.20. The van der Waals surface area contributed by atoms with Crippen molar-refractivity contribution < 1.29 is 21.6 Å². The lowest BCUT2D eigenvalue weighted by Crippen LogP contribution is -2.36. The molecular formula is C11H10F3NO2S. The SMILES string of the molecule is O=S1(=O)c2cc(C(F)(F)F)ccc2NCC12CC2. The molecule has 0 unspecified atom stereocenters. The summed E-state index contributed by atoms with van der Waals surface area (Å²) >= 11 is 0. The smallest absolute Gasteiger partial charge is 0.382 e. The van der Waals surface area contributed by atoms with Crippen LogP contribution in [0.25, 0.3) is 0 Å². The third kappa shape index (κ3) is 1.46. The van der Waals surface area contributed by atoms with Gasteiger partial charge < -0.3 is 5.32 Å². The molecule has 1 heterocycles. The number of hydrogen-bond donors (Lipinski definition) is 1. The van der Waals surface area contributed by atoms with Crippen LogP contribution in [-0.2, 0) is 16.0 Å². The van der Waals surface area contributed by atoms with Crippen LogP contribution in [0, 0.1) is 0 Å². The highest BCUT2D eigenvalue weighted by molar-refractivity contribution is 7.93. The fourth-order valence-corrected chi connectivity index (χ4v) is 4.32. The third-order valence-electron chi connectivity index (χ3n) is 3.58. The summed E-state index contributed by atoms with van der Waals surface area (Å²) in [4.78, 5) is -0.221. The minimum atomic E-state index is -4.53. The molecule has 0 radical (unpaired) electrons. The number of fused-ring (bicyclic) bond motifs is 1. The summed E-state index contributed by atoms with van der Waals surface area (Å²) in [6.45, 7) is 0.285. The second-order valence-electron chi connectivity index (χ2n) is 4.75. The molecule has 2 aliphatic rings. The Kier molecular flexibility index (Phi) is 2.10. The predicted octanol–water partition coefficient (Wildman–Crippen LogP) is 2.44. The Morgan fingerprint density at radius 2 is 1.89 bits per heavy atom. The third-order valence-corrected chi connectivity index (χ3v) is 6.19. The Labute approximate surface area is 102 Å². The van der Waals surface area contributed by atoms with Gasteiger partial charge in [0.05, 0.1) is 20.9 Å². The van der Waals surface area contributed by atoms with Crippen molar-refractivity contribution in [1.82, 2.24) is 0 Å². The molecule has 1 aliphatic carbocycles. The molecule has 3 nitrogen and oxygen atoms in total. The molecule has 1 aliphatic heterocycles. The van der Waals surface area contributed by atoms with Gasteiger partial charge in [0.15, 0.2) is 9.84 Å². The summed E-state index contributed by atoms with van der Waals surface area (Å²) in [5, 5.41) is 2.90. The zero-order valence-electron chi connectivity index (χ0n) is 9.21. The summed E-state index contributed by atoms with van der Waals surface area (Å²) < 4.78 is 61.5. The lowest BCUT2D eigenvalue weighted by Gasteiger charge is -2.26. The molecule has 0 bridgehead atoms. The number of halogens is 3. The minimum Gasteiger partial charge on any atom is -0.382 e. The Balaban J connectivity index is 2.19. The molecule has 18 heavy (non-hydrogen) atoms. The summed E-state index contributed by atoms with van der Waals surface area (Å²) in [6, 6.07) is 2.81. The quantitative estimate of drug-likeness (QED) is 0.792. The van der Waals surface area contributed by atoms with Gasteiger partial charge in [-0.25, -0.2) is 8.42 Å². The molecule has 0 saturated heterocycles. The molecule has 98 valence electrons. The molecular weight excluding hydrogens is 267 g/mol. The normalized spacial score (nSPS) is 23.3. The Hall–Kier alpha value is -1.24. The van der Waals surface area contributed by atoms with E-state index in [0.717, 1.165) is 12.1 Å². The number of sulfone groups is 1. The van der Waals surface area contributed by atoms with Crippen LogP contribution in [0.4, 0.5) is 18.9 Å². The molecule has 1 aromatic carbocycles. The number of hydrogen-bond acceptors (Lipinski definition) is 3. The molecule has 1 spiro atoms. The van der Waals surface area contributed by atoms with Crippen molar-refractivity contribution in [3.05, 3.63) is 23.8 Å². The van der Waals surface area contributed by atoms with E-state index in [4.69, 9.17) is 0 Å². The highest BCUT2D eigenvalue weighted by atomic mass is 32.2. The standard InChI is InChI=1S/C11H10F3NO2S/c12-11(13,14)7-1-2-8-9(5-7)18(16,17)10(3-4-10)6-15-8/h1-2,5,15H,3-4,6H2. The zero-order chi connectivity index (χ0) is 13.2. The van der Waals surface area contributed by atoms with Crippen LogP contribution >= 0.6 is 0 Å². The number of rotatable bonds is 0.